The zero-order valence-electron chi connectivity index (χ0n) is 22.4. The van der Waals surface area contributed by atoms with Gasteiger partial charge in [-0.3, -0.25) is 0 Å². The molecule has 39 heavy (non-hydrogen) atoms. The molecule has 7 nitrogen and oxygen atoms in total. The van der Waals surface area contributed by atoms with Gasteiger partial charge >= 0.3 is 0 Å². The van der Waals surface area contributed by atoms with Crippen LogP contribution in [0.2, 0.25) is 5.02 Å². The average molecular weight is 631 g/mol. The molecule has 4 aromatic rings. The van der Waals surface area contributed by atoms with E-state index in [1.165, 1.54) is 0 Å². The molecule has 0 saturated carbocycles. The molecule has 0 aliphatic carbocycles. The average Bonchev–Trinajstić information content (AvgIpc) is 3.32. The smallest absolute Gasteiger partial charge is 0.243 e. The highest BCUT2D eigenvalue weighted by Crippen LogP contribution is 2.32. The Kier molecular flexibility index (Phi) is 8.06. The molecule has 10 heteroatoms. The number of fused-ring (bicyclic) bond motifs is 1. The standard InChI is InChI=1S/C29H33BrClN5O2S/c1-4-29(2,3)21-11-13-22(14-12-21)39(37,38)35-15-7-8-20(19-35)17-32-27-16-26(23-9-5-6-10-25(23)31)34-28-24(30)18-33-36(27)28/h5-6,9-14,16,18,20,32H,4,7-8,15,17,19H2,1-3H3. The summed E-state index contributed by atoms with van der Waals surface area (Å²) in [6, 6.07) is 16.9. The van der Waals surface area contributed by atoms with Crippen LogP contribution in [-0.2, 0) is 15.4 Å². The van der Waals surface area contributed by atoms with Crippen molar-refractivity contribution in [2.75, 3.05) is 25.0 Å². The minimum Gasteiger partial charge on any atom is -0.370 e. The number of benzene rings is 2. The van der Waals surface area contributed by atoms with E-state index in [0.29, 0.717) is 35.2 Å². The third kappa shape index (κ3) is 5.73. The largest absolute Gasteiger partial charge is 0.370 e. The van der Waals surface area contributed by atoms with Crippen LogP contribution >= 0.6 is 27.5 Å². The molecular weight excluding hydrogens is 598 g/mol. The zero-order chi connectivity index (χ0) is 27.8. The van der Waals surface area contributed by atoms with E-state index in [-0.39, 0.29) is 11.3 Å². The molecule has 0 radical (unpaired) electrons. The van der Waals surface area contributed by atoms with E-state index < -0.39 is 10.0 Å². The van der Waals surface area contributed by atoms with Gasteiger partial charge in [0.2, 0.25) is 10.0 Å². The highest BCUT2D eigenvalue weighted by molar-refractivity contribution is 9.10. The van der Waals surface area contributed by atoms with Crippen molar-refractivity contribution in [2.45, 2.75) is 50.3 Å². The first-order chi connectivity index (χ1) is 18.6. The summed E-state index contributed by atoms with van der Waals surface area (Å²) in [6.07, 6.45) is 4.46. The number of halogens is 2. The summed E-state index contributed by atoms with van der Waals surface area (Å²) in [7, 11) is -3.57. The molecule has 2 aromatic heterocycles. The summed E-state index contributed by atoms with van der Waals surface area (Å²) < 4.78 is 31.2. The first kappa shape index (κ1) is 28.1. The maximum Gasteiger partial charge on any atom is 0.243 e. The molecule has 1 aliphatic heterocycles. The van der Waals surface area contributed by atoms with E-state index in [2.05, 4.69) is 47.1 Å². The molecule has 206 valence electrons. The quantitative estimate of drug-likeness (QED) is 0.227. The van der Waals surface area contributed by atoms with Gasteiger partial charge in [-0.1, -0.05) is 62.7 Å². The number of rotatable bonds is 8. The molecule has 0 spiro atoms. The molecule has 1 unspecified atom stereocenters. The van der Waals surface area contributed by atoms with Crippen LogP contribution in [0.1, 0.15) is 45.6 Å². The van der Waals surface area contributed by atoms with E-state index in [4.69, 9.17) is 16.6 Å². The van der Waals surface area contributed by atoms with Gasteiger partial charge in [-0.2, -0.15) is 13.9 Å². The first-order valence-electron chi connectivity index (χ1n) is 13.2. The third-order valence-corrected chi connectivity index (χ3v) is 10.6. The van der Waals surface area contributed by atoms with Crippen molar-refractivity contribution in [2.24, 2.45) is 5.92 Å². The van der Waals surface area contributed by atoms with E-state index in [9.17, 15) is 8.42 Å². The predicted octanol–water partition coefficient (Wildman–Crippen LogP) is 7.01. The Labute approximate surface area is 243 Å². The van der Waals surface area contributed by atoms with Gasteiger partial charge in [0.05, 0.1) is 21.3 Å². The van der Waals surface area contributed by atoms with Gasteiger partial charge in [-0.25, -0.2) is 13.4 Å². The van der Waals surface area contributed by atoms with Gasteiger partial charge in [-0.05, 0) is 70.3 Å². The lowest BCUT2D eigenvalue weighted by molar-refractivity contribution is 0.275. The van der Waals surface area contributed by atoms with Crippen LogP contribution in [0.3, 0.4) is 0 Å². The fourth-order valence-electron chi connectivity index (χ4n) is 4.96. The summed E-state index contributed by atoms with van der Waals surface area (Å²) in [5.41, 5.74) is 3.41. The molecule has 1 aliphatic rings. The second-order valence-electron chi connectivity index (χ2n) is 10.7. The van der Waals surface area contributed by atoms with Gasteiger partial charge in [0.1, 0.15) is 5.82 Å². The minimum atomic E-state index is -3.57. The number of aromatic nitrogens is 3. The van der Waals surface area contributed by atoms with Crippen LogP contribution in [0.25, 0.3) is 16.9 Å². The zero-order valence-corrected chi connectivity index (χ0v) is 25.5. The summed E-state index contributed by atoms with van der Waals surface area (Å²) in [5.74, 6) is 0.924. The van der Waals surface area contributed by atoms with Crippen LogP contribution in [0.4, 0.5) is 5.82 Å². The van der Waals surface area contributed by atoms with Gasteiger partial charge in [0.15, 0.2) is 5.65 Å². The van der Waals surface area contributed by atoms with Crippen LogP contribution in [-0.4, -0.2) is 47.0 Å². The van der Waals surface area contributed by atoms with Crippen LogP contribution < -0.4 is 5.32 Å². The highest BCUT2D eigenvalue weighted by Gasteiger charge is 2.31. The van der Waals surface area contributed by atoms with Crippen molar-refractivity contribution in [3.05, 3.63) is 75.9 Å². The molecule has 1 N–H and O–H groups in total. The first-order valence-corrected chi connectivity index (χ1v) is 15.8. The summed E-state index contributed by atoms with van der Waals surface area (Å²) >= 11 is 10.0. The van der Waals surface area contributed by atoms with Gasteiger partial charge in [-0.15, -0.1) is 0 Å². The Bertz CT molecular complexity index is 1590. The Balaban J connectivity index is 1.34. The van der Waals surface area contributed by atoms with Crippen molar-refractivity contribution >= 4 is 49.0 Å². The number of nitrogens with one attached hydrogen (secondary N) is 1. The van der Waals surface area contributed by atoms with Crippen molar-refractivity contribution in [3.63, 3.8) is 0 Å². The fourth-order valence-corrected chi connectivity index (χ4v) is 7.10. The number of nitrogens with zero attached hydrogens (tertiary/aromatic N) is 4. The lowest BCUT2D eigenvalue weighted by Crippen LogP contribution is -2.41. The monoisotopic (exact) mass is 629 g/mol. The number of piperidine rings is 1. The molecule has 1 atom stereocenters. The van der Waals surface area contributed by atoms with E-state index >= 15 is 0 Å². The van der Waals surface area contributed by atoms with Crippen molar-refractivity contribution < 1.29 is 8.42 Å². The molecule has 1 fully saturated rings. The molecule has 2 aromatic carbocycles. The lowest BCUT2D eigenvalue weighted by atomic mass is 9.82. The second-order valence-corrected chi connectivity index (χ2v) is 13.9. The van der Waals surface area contributed by atoms with Crippen LogP contribution in [0.5, 0.6) is 0 Å². The Morgan fingerprint density at radius 2 is 1.90 bits per heavy atom. The van der Waals surface area contributed by atoms with Gasteiger partial charge in [0.25, 0.3) is 0 Å². The van der Waals surface area contributed by atoms with Gasteiger partial charge < -0.3 is 5.32 Å². The normalized spacial score (nSPS) is 17.0. The number of hydrogen-bond acceptors (Lipinski definition) is 5. The van der Waals surface area contributed by atoms with Crippen LogP contribution in [0.15, 0.2) is 70.2 Å². The second kappa shape index (κ2) is 11.2. The maximum absolute atomic E-state index is 13.5. The Morgan fingerprint density at radius 1 is 1.15 bits per heavy atom. The molecule has 0 bridgehead atoms. The molecule has 3 heterocycles. The molecule has 0 amide bonds. The predicted molar refractivity (Wildman–Crippen MR) is 161 cm³/mol. The minimum absolute atomic E-state index is 0.0123. The van der Waals surface area contributed by atoms with Crippen molar-refractivity contribution in [1.29, 1.82) is 0 Å². The van der Waals surface area contributed by atoms with Crippen molar-refractivity contribution in [1.82, 2.24) is 18.9 Å². The van der Waals surface area contributed by atoms with E-state index in [1.54, 1.807) is 27.2 Å². The Morgan fingerprint density at radius 3 is 2.62 bits per heavy atom. The third-order valence-electron chi connectivity index (χ3n) is 7.79. The van der Waals surface area contributed by atoms with Crippen molar-refractivity contribution in [3.8, 4) is 11.3 Å². The molecular formula is C29H33BrClN5O2S. The van der Waals surface area contributed by atoms with Gasteiger partial charge in [0, 0.05) is 36.3 Å². The summed E-state index contributed by atoms with van der Waals surface area (Å²) in [6.45, 7) is 8.10. The highest BCUT2D eigenvalue weighted by atomic mass is 79.9. The lowest BCUT2D eigenvalue weighted by Gasteiger charge is -2.32. The van der Waals surface area contributed by atoms with E-state index in [0.717, 1.165) is 46.4 Å². The summed E-state index contributed by atoms with van der Waals surface area (Å²) in [4.78, 5) is 5.12. The summed E-state index contributed by atoms with van der Waals surface area (Å²) in [5, 5.41) is 8.61. The van der Waals surface area contributed by atoms with Crippen LogP contribution in [0, 0.1) is 5.92 Å². The fraction of sp³-hybridized carbons (Fsp3) is 0.379. The van der Waals surface area contributed by atoms with E-state index in [1.807, 2.05) is 42.5 Å². The molecule has 5 rings (SSSR count). The number of anilines is 1. The maximum atomic E-state index is 13.5. The SMILES string of the molecule is CCC(C)(C)c1ccc(S(=O)(=O)N2CCCC(CNc3cc(-c4ccccc4Cl)nc4c(Br)cnn34)C2)cc1. The topological polar surface area (TPSA) is 79.6 Å². The Hall–Kier alpha value is -2.46. The number of sulfonamides is 1. The molecule has 1 saturated heterocycles. The number of hydrogen-bond donors (Lipinski definition) is 1.